The molecule has 2 nitrogen and oxygen atoms in total. The van der Waals surface area contributed by atoms with E-state index in [4.69, 9.17) is 0 Å². The first kappa shape index (κ1) is 17.5. The molecule has 0 amide bonds. The zero-order valence-corrected chi connectivity index (χ0v) is 15.9. The summed E-state index contributed by atoms with van der Waals surface area (Å²) in [6.45, 7) is 0. The zero-order valence-electron chi connectivity index (χ0n) is 13.8. The van der Waals surface area contributed by atoms with Gasteiger partial charge in [-0.05, 0) is 0 Å². The van der Waals surface area contributed by atoms with Crippen molar-refractivity contribution in [2.24, 2.45) is 0 Å². The molecular formula is C20H24GeN2. The summed E-state index contributed by atoms with van der Waals surface area (Å²) in [5, 5.41) is 0. The summed E-state index contributed by atoms with van der Waals surface area (Å²) < 4.78 is 6.87. The maximum absolute atomic E-state index is 2.83. The van der Waals surface area contributed by atoms with E-state index in [1.54, 1.807) is 0 Å². The summed E-state index contributed by atoms with van der Waals surface area (Å²) in [4.78, 5) is 0. The van der Waals surface area contributed by atoms with Crippen LogP contribution < -0.4 is 19.3 Å². The third-order valence-electron chi connectivity index (χ3n) is 4.25. The maximum Gasteiger partial charge on any atom is -0.344 e. The molecule has 0 spiro atoms. The minimum absolute atomic E-state index is 0. The van der Waals surface area contributed by atoms with Crippen LogP contribution in [0.5, 0.6) is 0 Å². The third-order valence-corrected chi connectivity index (χ3v) is 14.4. The molecule has 3 rings (SSSR count). The van der Waals surface area contributed by atoms with Gasteiger partial charge in [-0.1, -0.05) is 0 Å². The molecule has 0 unspecified atom stereocenters. The van der Waals surface area contributed by atoms with Crippen molar-refractivity contribution in [1.29, 1.82) is 0 Å². The Morgan fingerprint density at radius 2 is 0.783 bits per heavy atom. The van der Waals surface area contributed by atoms with Crippen molar-refractivity contribution in [2.75, 3.05) is 14.1 Å². The zero-order chi connectivity index (χ0) is 15.4. The topological polar surface area (TPSA) is 38.2 Å². The normalized spacial score (nSPS) is 11.1. The van der Waals surface area contributed by atoms with Gasteiger partial charge in [-0.15, -0.1) is 0 Å². The van der Waals surface area contributed by atoms with Gasteiger partial charge < -0.3 is 6.15 Å². The van der Waals surface area contributed by atoms with E-state index in [1.807, 2.05) is 0 Å². The molecule has 3 N–H and O–H groups in total. The average molecular weight is 365 g/mol. The summed E-state index contributed by atoms with van der Waals surface area (Å²) in [6.07, 6.45) is 0. The summed E-state index contributed by atoms with van der Waals surface area (Å²) in [7, 11) is 4.46. The second kappa shape index (κ2) is 7.60. The third kappa shape index (κ3) is 3.11. The molecule has 0 radical (unpaired) electrons. The van der Waals surface area contributed by atoms with Crippen molar-refractivity contribution in [3.05, 3.63) is 91.0 Å². The van der Waals surface area contributed by atoms with E-state index in [1.165, 1.54) is 13.2 Å². The molecule has 0 aliphatic rings. The largest absolute Gasteiger partial charge is 0.344 e. The molecule has 0 aliphatic carbocycles. The van der Waals surface area contributed by atoms with Gasteiger partial charge in [-0.3, -0.25) is 0 Å². The molecule has 118 valence electrons. The molecule has 0 aliphatic heterocycles. The second-order valence-corrected chi connectivity index (χ2v) is 14.2. The van der Waals surface area contributed by atoms with E-state index in [0.29, 0.717) is 0 Å². The van der Waals surface area contributed by atoms with Crippen LogP contribution in [-0.4, -0.2) is 31.4 Å². The summed E-state index contributed by atoms with van der Waals surface area (Å²) in [5.74, 6) is 0. The van der Waals surface area contributed by atoms with Gasteiger partial charge in [0.15, 0.2) is 0 Å². The van der Waals surface area contributed by atoms with Crippen LogP contribution in [0.15, 0.2) is 91.0 Å². The van der Waals surface area contributed by atoms with E-state index >= 15 is 0 Å². The minimum atomic E-state index is -2.83. The Morgan fingerprint density at radius 1 is 0.522 bits per heavy atom. The van der Waals surface area contributed by atoms with Crippen molar-refractivity contribution in [3.63, 3.8) is 0 Å². The molecule has 0 heterocycles. The second-order valence-electron chi connectivity index (χ2n) is 5.70. The number of nitrogens with zero attached hydrogens (tertiary/aromatic N) is 1. The van der Waals surface area contributed by atoms with Gasteiger partial charge in [-0.25, -0.2) is 0 Å². The first-order chi connectivity index (χ1) is 10.8. The minimum Gasteiger partial charge on any atom is -0.344 e. The predicted octanol–water partition coefficient (Wildman–Crippen LogP) is 2.38. The summed E-state index contributed by atoms with van der Waals surface area (Å²) in [6, 6.07) is 33.0. The Balaban J connectivity index is 0.00000192. The van der Waals surface area contributed by atoms with Gasteiger partial charge >= 0.3 is 136 Å². The molecule has 0 atom stereocenters. The molecule has 0 saturated carbocycles. The maximum atomic E-state index is 2.49. The van der Waals surface area contributed by atoms with Crippen LogP contribution in [0.25, 0.3) is 0 Å². The quantitative estimate of drug-likeness (QED) is 0.722. The Kier molecular flexibility index (Phi) is 5.77. The fraction of sp³-hybridized carbons (Fsp3) is 0.100. The Labute approximate surface area is 141 Å². The van der Waals surface area contributed by atoms with Crippen LogP contribution in [0.4, 0.5) is 0 Å². The number of benzene rings is 3. The van der Waals surface area contributed by atoms with Gasteiger partial charge in [0.25, 0.3) is 0 Å². The standard InChI is InChI=1S/C20H21GeN.H3N/c1-22(2)21(18-12-6-3-7-13-18,19-14-8-4-9-15-19)20-16-10-5-11-17-20;/h3-17H,1-2H3;1H3. The van der Waals surface area contributed by atoms with Crippen LogP contribution in [0.2, 0.25) is 0 Å². The number of hydrogen-bond acceptors (Lipinski definition) is 2. The van der Waals surface area contributed by atoms with E-state index in [9.17, 15) is 0 Å². The summed E-state index contributed by atoms with van der Waals surface area (Å²) >= 11 is -2.83. The Morgan fingerprint density at radius 3 is 1.00 bits per heavy atom. The molecule has 0 fully saturated rings. The molecule has 0 aromatic heterocycles. The van der Waals surface area contributed by atoms with E-state index in [2.05, 4.69) is 109 Å². The Hall–Kier alpha value is -1.88. The van der Waals surface area contributed by atoms with E-state index in [-0.39, 0.29) is 6.15 Å². The van der Waals surface area contributed by atoms with Crippen LogP contribution in [-0.2, 0) is 0 Å². The number of rotatable bonds is 4. The summed E-state index contributed by atoms with van der Waals surface area (Å²) in [5.41, 5.74) is 0. The van der Waals surface area contributed by atoms with Gasteiger partial charge in [0.1, 0.15) is 0 Å². The van der Waals surface area contributed by atoms with Crippen molar-refractivity contribution in [2.45, 2.75) is 0 Å². The molecular weight excluding hydrogens is 341 g/mol. The smallest absolute Gasteiger partial charge is 0.344 e. The van der Waals surface area contributed by atoms with Gasteiger partial charge in [-0.2, -0.15) is 0 Å². The molecule has 3 aromatic rings. The van der Waals surface area contributed by atoms with Gasteiger partial charge in [0.05, 0.1) is 0 Å². The molecule has 0 bridgehead atoms. The number of hydrogen-bond donors (Lipinski definition) is 1. The fourth-order valence-corrected chi connectivity index (χ4v) is 12.9. The molecule has 23 heavy (non-hydrogen) atoms. The monoisotopic (exact) mass is 366 g/mol. The van der Waals surface area contributed by atoms with E-state index in [0.717, 1.165) is 0 Å². The van der Waals surface area contributed by atoms with Crippen LogP contribution in [0.1, 0.15) is 0 Å². The van der Waals surface area contributed by atoms with Crippen LogP contribution in [0.3, 0.4) is 0 Å². The molecule has 0 saturated heterocycles. The van der Waals surface area contributed by atoms with Crippen LogP contribution >= 0.6 is 0 Å². The predicted molar refractivity (Wildman–Crippen MR) is 103 cm³/mol. The fourth-order valence-electron chi connectivity index (χ4n) is 3.31. The molecule has 3 heteroatoms. The van der Waals surface area contributed by atoms with Crippen molar-refractivity contribution >= 4 is 26.7 Å². The first-order valence-corrected chi connectivity index (χ1v) is 11.7. The Bertz CT molecular complexity index is 616. The van der Waals surface area contributed by atoms with Crippen molar-refractivity contribution in [1.82, 2.24) is 10.0 Å². The van der Waals surface area contributed by atoms with Crippen molar-refractivity contribution < 1.29 is 0 Å². The van der Waals surface area contributed by atoms with Gasteiger partial charge in [0.2, 0.25) is 0 Å². The van der Waals surface area contributed by atoms with Crippen molar-refractivity contribution in [3.8, 4) is 0 Å². The molecule has 3 aromatic carbocycles. The van der Waals surface area contributed by atoms with E-state index < -0.39 is 13.5 Å². The first-order valence-electron chi connectivity index (χ1n) is 7.60. The average Bonchev–Trinajstić information content (AvgIpc) is 2.58. The van der Waals surface area contributed by atoms with Gasteiger partial charge in [0, 0.05) is 0 Å². The SMILES string of the molecule is C[N](C)[Ge]([c]1ccccc1)([c]1ccccc1)[c]1ccccc1.N. The van der Waals surface area contributed by atoms with Crippen LogP contribution in [0, 0.1) is 0 Å².